The fraction of sp³-hybridized carbons (Fsp3) is 0.158. The minimum Gasteiger partial charge on any atom is -0.294 e. The first kappa shape index (κ1) is 13.5. The van der Waals surface area contributed by atoms with Crippen molar-refractivity contribution < 1.29 is 4.79 Å². The van der Waals surface area contributed by atoms with Crippen LogP contribution >= 0.6 is 0 Å². The van der Waals surface area contributed by atoms with Gasteiger partial charge in [-0.15, -0.1) is 0 Å². The summed E-state index contributed by atoms with van der Waals surface area (Å²) in [5, 5.41) is 1.10. The summed E-state index contributed by atoms with van der Waals surface area (Å²) < 4.78 is 0. The van der Waals surface area contributed by atoms with Gasteiger partial charge in [0.2, 0.25) is 0 Å². The fourth-order valence-corrected chi connectivity index (χ4v) is 2.39. The maximum atomic E-state index is 12.4. The minimum atomic E-state index is 0.112. The number of Topliss-reactive ketones (excluding diaryl/α,β-unsaturated/α-hetero) is 1. The molecule has 0 radical (unpaired) electrons. The van der Waals surface area contributed by atoms with E-state index in [4.69, 9.17) is 0 Å². The molecule has 0 amide bonds. The van der Waals surface area contributed by atoms with Crippen LogP contribution in [0, 0.1) is 13.8 Å². The third kappa shape index (κ3) is 2.84. The minimum absolute atomic E-state index is 0.112. The number of fused-ring (bicyclic) bond motifs is 1. The number of ketones is 1. The third-order valence-corrected chi connectivity index (χ3v) is 3.83. The van der Waals surface area contributed by atoms with E-state index in [9.17, 15) is 4.79 Å². The van der Waals surface area contributed by atoms with Crippen LogP contribution in [0.15, 0.2) is 54.6 Å². The van der Waals surface area contributed by atoms with Crippen molar-refractivity contribution >= 4 is 16.7 Å². The van der Waals surface area contributed by atoms with Crippen molar-refractivity contribution in [1.29, 1.82) is 0 Å². The molecule has 0 saturated heterocycles. The van der Waals surface area contributed by atoms with Crippen LogP contribution in [0.5, 0.6) is 0 Å². The van der Waals surface area contributed by atoms with Crippen LogP contribution in [0.1, 0.15) is 27.2 Å². The molecule has 2 nitrogen and oxygen atoms in total. The van der Waals surface area contributed by atoms with Gasteiger partial charge in [-0.25, -0.2) is 0 Å². The van der Waals surface area contributed by atoms with Crippen LogP contribution in [-0.4, -0.2) is 10.8 Å². The Kier molecular flexibility index (Phi) is 3.53. The standard InChI is InChI=1S/C19H17NO/c1-13-7-8-16(11-14(13)2)19(21)12-17-10-9-15-5-3-4-6-18(15)20-17/h3-11H,12H2,1-2H3. The second kappa shape index (κ2) is 5.49. The summed E-state index contributed by atoms with van der Waals surface area (Å²) >= 11 is 0. The van der Waals surface area contributed by atoms with Gasteiger partial charge in [0.25, 0.3) is 0 Å². The van der Waals surface area contributed by atoms with E-state index in [-0.39, 0.29) is 5.78 Å². The average Bonchev–Trinajstić information content (AvgIpc) is 2.50. The van der Waals surface area contributed by atoms with Crippen molar-refractivity contribution in [3.63, 3.8) is 0 Å². The van der Waals surface area contributed by atoms with Gasteiger partial charge in [-0.2, -0.15) is 0 Å². The van der Waals surface area contributed by atoms with Gasteiger partial charge in [-0.1, -0.05) is 36.4 Å². The van der Waals surface area contributed by atoms with Crippen LogP contribution in [0.25, 0.3) is 10.9 Å². The van der Waals surface area contributed by atoms with Gasteiger partial charge in [0.1, 0.15) is 0 Å². The molecule has 0 unspecified atom stereocenters. The zero-order valence-corrected chi connectivity index (χ0v) is 12.3. The average molecular weight is 275 g/mol. The van der Waals surface area contributed by atoms with Gasteiger partial charge in [0, 0.05) is 16.6 Å². The lowest BCUT2D eigenvalue weighted by atomic mass is 10.0. The molecule has 1 heterocycles. The van der Waals surface area contributed by atoms with Crippen molar-refractivity contribution in [1.82, 2.24) is 4.98 Å². The molecule has 21 heavy (non-hydrogen) atoms. The normalized spacial score (nSPS) is 10.8. The quantitative estimate of drug-likeness (QED) is 0.668. The van der Waals surface area contributed by atoms with Crippen molar-refractivity contribution in [3.05, 3.63) is 77.0 Å². The zero-order chi connectivity index (χ0) is 14.8. The second-order valence-electron chi connectivity index (χ2n) is 5.39. The molecule has 0 spiro atoms. The fourth-order valence-electron chi connectivity index (χ4n) is 2.39. The Balaban J connectivity index is 1.87. The molecule has 0 atom stereocenters. The lowest BCUT2D eigenvalue weighted by Crippen LogP contribution is -2.05. The molecule has 3 aromatic rings. The predicted molar refractivity (Wildman–Crippen MR) is 85.7 cm³/mol. The zero-order valence-electron chi connectivity index (χ0n) is 12.3. The molecule has 2 aromatic carbocycles. The molecular formula is C19H17NO. The van der Waals surface area contributed by atoms with Crippen LogP contribution in [0.3, 0.4) is 0 Å². The number of hydrogen-bond donors (Lipinski definition) is 0. The van der Waals surface area contributed by atoms with E-state index in [1.165, 1.54) is 5.56 Å². The van der Waals surface area contributed by atoms with E-state index in [2.05, 4.69) is 11.9 Å². The number of aromatic nitrogens is 1. The van der Waals surface area contributed by atoms with Gasteiger partial charge in [0.15, 0.2) is 5.78 Å². The first-order chi connectivity index (χ1) is 10.1. The van der Waals surface area contributed by atoms with Crippen LogP contribution in [0.4, 0.5) is 0 Å². The second-order valence-corrected chi connectivity index (χ2v) is 5.39. The van der Waals surface area contributed by atoms with Crippen LogP contribution < -0.4 is 0 Å². The number of nitrogens with zero attached hydrogens (tertiary/aromatic N) is 1. The van der Waals surface area contributed by atoms with Crippen molar-refractivity contribution in [2.75, 3.05) is 0 Å². The summed E-state index contributed by atoms with van der Waals surface area (Å²) in [5.41, 5.74) is 4.86. The molecule has 0 aliphatic carbocycles. The highest BCUT2D eigenvalue weighted by atomic mass is 16.1. The topological polar surface area (TPSA) is 30.0 Å². The first-order valence-corrected chi connectivity index (χ1v) is 7.08. The van der Waals surface area contributed by atoms with Crippen molar-refractivity contribution in [2.24, 2.45) is 0 Å². The maximum absolute atomic E-state index is 12.4. The number of hydrogen-bond acceptors (Lipinski definition) is 2. The van der Waals surface area contributed by atoms with E-state index in [1.54, 1.807) is 0 Å². The van der Waals surface area contributed by atoms with Crippen molar-refractivity contribution in [3.8, 4) is 0 Å². The number of benzene rings is 2. The van der Waals surface area contributed by atoms with Crippen LogP contribution in [-0.2, 0) is 6.42 Å². The van der Waals surface area contributed by atoms with E-state index < -0.39 is 0 Å². The smallest absolute Gasteiger partial charge is 0.168 e. The van der Waals surface area contributed by atoms with Gasteiger partial charge in [0.05, 0.1) is 11.9 Å². The highest BCUT2D eigenvalue weighted by Crippen LogP contribution is 2.15. The highest BCUT2D eigenvalue weighted by molar-refractivity contribution is 5.97. The molecule has 2 heteroatoms. The van der Waals surface area contributed by atoms with Crippen LogP contribution in [0.2, 0.25) is 0 Å². The Morgan fingerprint density at radius 1 is 0.952 bits per heavy atom. The monoisotopic (exact) mass is 275 g/mol. The summed E-state index contributed by atoms with van der Waals surface area (Å²) in [7, 11) is 0. The van der Waals surface area contributed by atoms with Gasteiger partial charge >= 0.3 is 0 Å². The molecule has 104 valence electrons. The van der Waals surface area contributed by atoms with E-state index in [0.29, 0.717) is 6.42 Å². The SMILES string of the molecule is Cc1ccc(C(=O)Cc2ccc3ccccc3n2)cc1C. The molecule has 0 saturated carbocycles. The largest absolute Gasteiger partial charge is 0.294 e. The van der Waals surface area contributed by atoms with Crippen molar-refractivity contribution in [2.45, 2.75) is 20.3 Å². The summed E-state index contributed by atoms with van der Waals surface area (Å²) in [4.78, 5) is 16.9. The number of carbonyl (C=O) groups is 1. The Morgan fingerprint density at radius 3 is 2.57 bits per heavy atom. The molecule has 1 aromatic heterocycles. The summed E-state index contributed by atoms with van der Waals surface area (Å²) in [6.07, 6.45) is 0.341. The van der Waals surface area contributed by atoms with E-state index in [1.807, 2.05) is 61.5 Å². The molecule has 0 N–H and O–H groups in total. The third-order valence-electron chi connectivity index (χ3n) is 3.83. The lowest BCUT2D eigenvalue weighted by molar-refractivity contribution is 0.0992. The molecule has 0 aliphatic heterocycles. The summed E-state index contributed by atoms with van der Waals surface area (Å²) in [6.45, 7) is 4.08. The number of rotatable bonds is 3. The summed E-state index contributed by atoms with van der Waals surface area (Å²) in [5.74, 6) is 0.112. The molecular weight excluding hydrogens is 258 g/mol. The first-order valence-electron chi connectivity index (χ1n) is 7.08. The number of para-hydroxylation sites is 1. The van der Waals surface area contributed by atoms with Gasteiger partial charge in [-0.3, -0.25) is 9.78 Å². The Bertz CT molecular complexity index is 821. The van der Waals surface area contributed by atoms with E-state index in [0.717, 1.165) is 27.7 Å². The highest BCUT2D eigenvalue weighted by Gasteiger charge is 2.09. The number of aryl methyl sites for hydroxylation is 2. The van der Waals surface area contributed by atoms with Gasteiger partial charge in [-0.05, 0) is 43.2 Å². The summed E-state index contributed by atoms with van der Waals surface area (Å²) in [6, 6.07) is 17.7. The maximum Gasteiger partial charge on any atom is 0.168 e. The molecule has 3 rings (SSSR count). The molecule has 0 bridgehead atoms. The lowest BCUT2D eigenvalue weighted by Gasteiger charge is -2.05. The Hall–Kier alpha value is -2.48. The predicted octanol–water partition coefficient (Wildman–Crippen LogP) is 4.28. The number of pyridine rings is 1. The number of carbonyl (C=O) groups excluding carboxylic acids is 1. The molecule has 0 fully saturated rings. The Morgan fingerprint density at radius 2 is 1.76 bits per heavy atom. The Labute approximate surface area is 124 Å². The van der Waals surface area contributed by atoms with Gasteiger partial charge < -0.3 is 0 Å². The molecule has 0 aliphatic rings. The van der Waals surface area contributed by atoms with E-state index >= 15 is 0 Å².